The number of H-pyrrole nitrogens is 1. The number of aromatic amines is 1. The number of carbonyl (C=O) groups excluding carboxylic acids is 1. The molecular formula is C16H16ClN7O4. The van der Waals surface area contributed by atoms with E-state index in [4.69, 9.17) is 16.1 Å². The Labute approximate surface area is 163 Å². The summed E-state index contributed by atoms with van der Waals surface area (Å²) >= 11 is 6.04. The van der Waals surface area contributed by atoms with Crippen LogP contribution in [0.15, 0.2) is 29.0 Å². The number of nitrogens with zero attached hydrogens (tertiary/aromatic N) is 5. The fraction of sp³-hybridized carbons (Fsp3) is 0.312. The highest BCUT2D eigenvalue weighted by Crippen LogP contribution is 2.25. The molecule has 12 heteroatoms. The summed E-state index contributed by atoms with van der Waals surface area (Å²) in [4.78, 5) is 31.1. The summed E-state index contributed by atoms with van der Waals surface area (Å²) in [6, 6.07) is 3.06. The molecule has 1 amide bonds. The van der Waals surface area contributed by atoms with Crippen molar-refractivity contribution in [2.24, 2.45) is 5.92 Å². The molecule has 0 aliphatic rings. The average Bonchev–Trinajstić information content (AvgIpc) is 3.31. The zero-order valence-electron chi connectivity index (χ0n) is 14.9. The van der Waals surface area contributed by atoms with E-state index in [0.717, 1.165) is 6.07 Å². The Bertz CT molecular complexity index is 987. The summed E-state index contributed by atoms with van der Waals surface area (Å²) in [5.41, 5.74) is -0.0927. The van der Waals surface area contributed by atoms with Crippen molar-refractivity contribution >= 4 is 23.2 Å². The molecular weight excluding hydrogens is 390 g/mol. The van der Waals surface area contributed by atoms with Gasteiger partial charge in [-0.1, -0.05) is 30.6 Å². The molecule has 146 valence electrons. The van der Waals surface area contributed by atoms with E-state index < -0.39 is 16.9 Å². The minimum Gasteiger partial charge on any atom is -0.340 e. The van der Waals surface area contributed by atoms with Gasteiger partial charge in [0.15, 0.2) is 5.82 Å². The number of hydrogen-bond acceptors (Lipinski definition) is 8. The maximum Gasteiger partial charge on any atom is 0.270 e. The highest BCUT2D eigenvalue weighted by molar-refractivity contribution is 6.34. The topological polar surface area (TPSA) is 153 Å². The second-order valence-electron chi connectivity index (χ2n) is 6.37. The van der Waals surface area contributed by atoms with Crippen LogP contribution in [-0.2, 0) is 0 Å². The van der Waals surface area contributed by atoms with Gasteiger partial charge in [-0.3, -0.25) is 20.0 Å². The fourth-order valence-electron chi connectivity index (χ4n) is 2.52. The minimum atomic E-state index is -0.585. The number of halogens is 1. The molecule has 0 fully saturated rings. The largest absolute Gasteiger partial charge is 0.340 e. The molecule has 3 aromatic rings. The number of nitro benzene ring substituents is 1. The Kier molecular flexibility index (Phi) is 5.64. The zero-order chi connectivity index (χ0) is 20.3. The lowest BCUT2D eigenvalue weighted by molar-refractivity contribution is -0.384. The molecule has 11 nitrogen and oxygen atoms in total. The molecule has 1 aromatic carbocycles. The van der Waals surface area contributed by atoms with Gasteiger partial charge < -0.3 is 9.84 Å². The van der Waals surface area contributed by atoms with Gasteiger partial charge in [-0.05, 0) is 18.4 Å². The Balaban J connectivity index is 1.83. The van der Waals surface area contributed by atoms with Crippen molar-refractivity contribution in [3.8, 4) is 11.6 Å². The number of non-ortho nitro benzene ring substituents is 1. The third kappa shape index (κ3) is 4.31. The summed E-state index contributed by atoms with van der Waals surface area (Å²) in [6.07, 6.45) is 1.84. The van der Waals surface area contributed by atoms with Gasteiger partial charge in [0.05, 0.1) is 15.5 Å². The lowest BCUT2D eigenvalue weighted by Gasteiger charge is -2.17. The van der Waals surface area contributed by atoms with Crippen molar-refractivity contribution < 1.29 is 14.2 Å². The highest BCUT2D eigenvalue weighted by atomic mass is 35.5. The normalized spacial score (nSPS) is 12.1. The van der Waals surface area contributed by atoms with Crippen LogP contribution < -0.4 is 5.32 Å². The Morgan fingerprint density at radius 2 is 2.21 bits per heavy atom. The number of rotatable bonds is 7. The summed E-state index contributed by atoms with van der Waals surface area (Å²) < 4.78 is 5.28. The van der Waals surface area contributed by atoms with Crippen molar-refractivity contribution in [2.45, 2.75) is 26.3 Å². The Hall–Kier alpha value is -3.34. The second-order valence-corrected chi connectivity index (χ2v) is 6.77. The van der Waals surface area contributed by atoms with Crippen molar-refractivity contribution in [1.82, 2.24) is 30.6 Å². The molecule has 2 aromatic heterocycles. The number of hydrogen-bond donors (Lipinski definition) is 2. The maximum absolute atomic E-state index is 12.7. The Morgan fingerprint density at radius 1 is 1.43 bits per heavy atom. The van der Waals surface area contributed by atoms with Crippen LogP contribution in [0, 0.1) is 16.0 Å². The monoisotopic (exact) mass is 405 g/mol. The van der Waals surface area contributed by atoms with E-state index in [1.807, 2.05) is 13.8 Å². The predicted octanol–water partition coefficient (Wildman–Crippen LogP) is 2.93. The van der Waals surface area contributed by atoms with Crippen LogP contribution in [0.25, 0.3) is 11.6 Å². The van der Waals surface area contributed by atoms with Gasteiger partial charge in [0.2, 0.25) is 11.7 Å². The molecule has 0 radical (unpaired) electrons. The molecule has 0 spiro atoms. The van der Waals surface area contributed by atoms with Crippen LogP contribution >= 0.6 is 11.6 Å². The number of nitro groups is 1. The molecule has 1 unspecified atom stereocenters. The first-order chi connectivity index (χ1) is 13.3. The molecule has 0 saturated heterocycles. The SMILES string of the molecule is CC(C)CC(NC(=O)c1ccc([N+](=O)[O-])cc1Cl)c1nc(-c2ncn[nH]2)no1. The van der Waals surface area contributed by atoms with E-state index in [9.17, 15) is 14.9 Å². The van der Waals surface area contributed by atoms with Gasteiger partial charge in [-0.25, -0.2) is 4.98 Å². The number of nitrogens with one attached hydrogen (secondary N) is 2. The summed E-state index contributed by atoms with van der Waals surface area (Å²) in [5, 5.41) is 23.8. The van der Waals surface area contributed by atoms with E-state index in [1.54, 1.807) is 0 Å². The maximum atomic E-state index is 12.7. The standard InChI is InChI=1S/C16H16ClN7O4/c1-8(2)5-12(16-21-14(23-28-16)13-18-7-19-22-13)20-15(25)10-4-3-9(24(26)27)6-11(10)17/h3-4,6-8,12H,5H2,1-2H3,(H,20,25)(H,18,19,22). The van der Waals surface area contributed by atoms with E-state index >= 15 is 0 Å². The smallest absolute Gasteiger partial charge is 0.270 e. The first-order valence-electron chi connectivity index (χ1n) is 8.29. The second kappa shape index (κ2) is 8.13. The summed E-state index contributed by atoms with van der Waals surface area (Å²) in [6.45, 7) is 3.96. The number of aromatic nitrogens is 5. The fourth-order valence-corrected chi connectivity index (χ4v) is 2.78. The van der Waals surface area contributed by atoms with Crippen LogP contribution in [0.1, 0.15) is 42.6 Å². The van der Waals surface area contributed by atoms with Crippen molar-refractivity contribution in [1.29, 1.82) is 0 Å². The van der Waals surface area contributed by atoms with Crippen molar-refractivity contribution in [3.63, 3.8) is 0 Å². The molecule has 1 atom stereocenters. The molecule has 3 rings (SSSR count). The number of carbonyl (C=O) groups is 1. The van der Waals surface area contributed by atoms with Crippen LogP contribution in [0.2, 0.25) is 5.02 Å². The minimum absolute atomic E-state index is 0.0251. The predicted molar refractivity (Wildman–Crippen MR) is 97.4 cm³/mol. The summed E-state index contributed by atoms with van der Waals surface area (Å²) in [5.74, 6) is 0.446. The quantitative estimate of drug-likeness (QED) is 0.449. The average molecular weight is 406 g/mol. The molecule has 0 aliphatic carbocycles. The number of amides is 1. The summed E-state index contributed by atoms with van der Waals surface area (Å²) in [7, 11) is 0. The highest BCUT2D eigenvalue weighted by Gasteiger charge is 2.25. The van der Waals surface area contributed by atoms with Gasteiger partial charge in [0.25, 0.3) is 11.6 Å². The molecule has 2 heterocycles. The van der Waals surface area contributed by atoms with Crippen LogP contribution in [-0.4, -0.2) is 36.2 Å². The first kappa shape index (κ1) is 19.4. The van der Waals surface area contributed by atoms with Crippen LogP contribution in [0.4, 0.5) is 5.69 Å². The van der Waals surface area contributed by atoms with Gasteiger partial charge in [-0.2, -0.15) is 10.1 Å². The van der Waals surface area contributed by atoms with Crippen LogP contribution in [0.5, 0.6) is 0 Å². The van der Waals surface area contributed by atoms with Crippen molar-refractivity contribution in [2.75, 3.05) is 0 Å². The first-order valence-corrected chi connectivity index (χ1v) is 8.67. The lowest BCUT2D eigenvalue weighted by Crippen LogP contribution is -2.30. The van der Waals surface area contributed by atoms with E-state index in [2.05, 4.69) is 30.6 Å². The van der Waals surface area contributed by atoms with E-state index in [0.29, 0.717) is 12.2 Å². The van der Waals surface area contributed by atoms with E-state index in [-0.39, 0.29) is 33.9 Å². The van der Waals surface area contributed by atoms with Crippen molar-refractivity contribution in [3.05, 3.63) is 51.1 Å². The van der Waals surface area contributed by atoms with Gasteiger partial charge >= 0.3 is 0 Å². The molecule has 0 aliphatic heterocycles. The van der Waals surface area contributed by atoms with Gasteiger partial charge in [0, 0.05) is 12.1 Å². The third-order valence-electron chi connectivity index (χ3n) is 3.79. The Morgan fingerprint density at radius 3 is 2.82 bits per heavy atom. The third-order valence-corrected chi connectivity index (χ3v) is 4.10. The van der Waals surface area contributed by atoms with E-state index in [1.165, 1.54) is 18.5 Å². The molecule has 0 bridgehead atoms. The molecule has 28 heavy (non-hydrogen) atoms. The zero-order valence-corrected chi connectivity index (χ0v) is 15.7. The van der Waals surface area contributed by atoms with Crippen LogP contribution in [0.3, 0.4) is 0 Å². The lowest BCUT2D eigenvalue weighted by atomic mass is 10.0. The molecule has 0 saturated carbocycles. The molecule has 2 N–H and O–H groups in total. The number of benzene rings is 1. The van der Waals surface area contributed by atoms with Gasteiger partial charge in [-0.15, -0.1) is 0 Å². The van der Waals surface area contributed by atoms with Gasteiger partial charge in [0.1, 0.15) is 12.4 Å².